The number of methoxy groups -OCH3 is 1. The summed E-state index contributed by atoms with van der Waals surface area (Å²) in [5.74, 6) is 0.892. The van der Waals surface area contributed by atoms with Gasteiger partial charge < -0.3 is 15.5 Å². The van der Waals surface area contributed by atoms with Crippen molar-refractivity contribution >= 4 is 10.9 Å². The molecule has 0 spiro atoms. The van der Waals surface area contributed by atoms with Crippen LogP contribution in [0.4, 0.5) is 0 Å². The number of benzene rings is 1. The first-order valence-corrected chi connectivity index (χ1v) is 5.23. The third-order valence-corrected chi connectivity index (χ3v) is 3.20. The van der Waals surface area contributed by atoms with E-state index in [4.69, 9.17) is 10.5 Å². The number of rotatable bonds is 1. The maximum atomic E-state index is 6.09. The van der Waals surface area contributed by atoms with Gasteiger partial charge in [0.1, 0.15) is 5.75 Å². The monoisotopic (exact) mass is 202 g/mol. The van der Waals surface area contributed by atoms with Gasteiger partial charge >= 0.3 is 0 Å². The van der Waals surface area contributed by atoms with Crippen molar-refractivity contribution in [1.82, 2.24) is 4.98 Å². The lowest BCUT2D eigenvalue weighted by Crippen LogP contribution is -2.04. The molecule has 0 saturated heterocycles. The summed E-state index contributed by atoms with van der Waals surface area (Å²) in [4.78, 5) is 3.42. The molecule has 1 atom stereocenters. The minimum atomic E-state index is 0.181. The standard InChI is InChI=1S/C12H14N2O/c1-15-7-2-4-10-8(6-7)12-9(13)3-5-11(12)14-10/h2,4,6,9,14H,3,5,13H2,1H3. The summed E-state index contributed by atoms with van der Waals surface area (Å²) >= 11 is 0. The first kappa shape index (κ1) is 8.80. The zero-order valence-electron chi connectivity index (χ0n) is 8.71. The maximum Gasteiger partial charge on any atom is 0.119 e. The summed E-state index contributed by atoms with van der Waals surface area (Å²) in [5, 5.41) is 1.22. The van der Waals surface area contributed by atoms with Gasteiger partial charge in [-0.1, -0.05) is 0 Å². The second kappa shape index (κ2) is 3.00. The van der Waals surface area contributed by atoms with Crippen molar-refractivity contribution < 1.29 is 4.74 Å². The van der Waals surface area contributed by atoms with Crippen LogP contribution >= 0.6 is 0 Å². The Morgan fingerprint density at radius 2 is 2.33 bits per heavy atom. The van der Waals surface area contributed by atoms with Gasteiger partial charge in [-0.3, -0.25) is 0 Å². The highest BCUT2D eigenvalue weighted by Crippen LogP contribution is 2.36. The van der Waals surface area contributed by atoms with Gasteiger partial charge in [-0.2, -0.15) is 0 Å². The molecule has 1 aromatic heterocycles. The number of H-pyrrole nitrogens is 1. The second-order valence-electron chi connectivity index (χ2n) is 4.07. The van der Waals surface area contributed by atoms with E-state index in [-0.39, 0.29) is 6.04 Å². The largest absolute Gasteiger partial charge is 0.497 e. The van der Waals surface area contributed by atoms with Gasteiger partial charge in [-0.05, 0) is 36.6 Å². The van der Waals surface area contributed by atoms with Crippen molar-refractivity contribution in [1.29, 1.82) is 0 Å². The highest BCUT2D eigenvalue weighted by molar-refractivity contribution is 5.87. The number of hydrogen-bond acceptors (Lipinski definition) is 2. The molecule has 1 aliphatic rings. The van der Waals surface area contributed by atoms with Crippen LogP contribution in [-0.2, 0) is 6.42 Å². The molecule has 1 aromatic carbocycles. The lowest BCUT2D eigenvalue weighted by molar-refractivity contribution is 0.415. The van der Waals surface area contributed by atoms with Crippen LogP contribution in [0.25, 0.3) is 10.9 Å². The molecule has 0 saturated carbocycles. The second-order valence-corrected chi connectivity index (χ2v) is 4.07. The van der Waals surface area contributed by atoms with Gasteiger partial charge in [-0.25, -0.2) is 0 Å². The molecule has 3 nitrogen and oxygen atoms in total. The summed E-state index contributed by atoms with van der Waals surface area (Å²) in [6, 6.07) is 6.27. The van der Waals surface area contributed by atoms with Crippen LogP contribution in [0, 0.1) is 0 Å². The number of hydrogen-bond donors (Lipinski definition) is 2. The van der Waals surface area contributed by atoms with Crippen molar-refractivity contribution in [2.45, 2.75) is 18.9 Å². The topological polar surface area (TPSA) is 51.0 Å². The van der Waals surface area contributed by atoms with Gasteiger partial charge in [-0.15, -0.1) is 0 Å². The van der Waals surface area contributed by atoms with E-state index in [0.29, 0.717) is 0 Å². The summed E-state index contributed by atoms with van der Waals surface area (Å²) in [7, 11) is 1.69. The third-order valence-electron chi connectivity index (χ3n) is 3.20. The van der Waals surface area contributed by atoms with Crippen LogP contribution in [0.2, 0.25) is 0 Å². The molecule has 3 heteroatoms. The van der Waals surface area contributed by atoms with Gasteiger partial charge in [0.15, 0.2) is 0 Å². The number of ether oxygens (including phenoxy) is 1. The Morgan fingerprint density at radius 3 is 3.13 bits per heavy atom. The van der Waals surface area contributed by atoms with E-state index in [1.165, 1.54) is 16.6 Å². The summed E-state index contributed by atoms with van der Waals surface area (Å²) < 4.78 is 5.23. The number of aromatic amines is 1. The van der Waals surface area contributed by atoms with Crippen LogP contribution in [0.1, 0.15) is 23.7 Å². The Kier molecular flexibility index (Phi) is 1.76. The molecular formula is C12H14N2O. The molecule has 0 fully saturated rings. The number of nitrogens with one attached hydrogen (secondary N) is 1. The first-order chi connectivity index (χ1) is 7.29. The molecule has 0 aliphatic heterocycles. The number of aromatic nitrogens is 1. The molecular weight excluding hydrogens is 188 g/mol. The molecule has 3 rings (SSSR count). The highest BCUT2D eigenvalue weighted by Gasteiger charge is 2.23. The van der Waals surface area contributed by atoms with E-state index in [9.17, 15) is 0 Å². The van der Waals surface area contributed by atoms with E-state index in [0.717, 1.165) is 24.1 Å². The fourth-order valence-corrected chi connectivity index (χ4v) is 2.44. The molecule has 0 bridgehead atoms. The molecule has 15 heavy (non-hydrogen) atoms. The zero-order chi connectivity index (χ0) is 10.4. The van der Waals surface area contributed by atoms with Gasteiger partial charge in [0.25, 0.3) is 0 Å². The molecule has 0 amide bonds. The Balaban J connectivity index is 2.29. The SMILES string of the molecule is COc1ccc2[nH]c3c(c2c1)C(N)CC3. The Labute approximate surface area is 88.2 Å². The van der Waals surface area contributed by atoms with Crippen LogP contribution in [0.3, 0.4) is 0 Å². The lowest BCUT2D eigenvalue weighted by Gasteiger charge is -2.04. The zero-order valence-corrected chi connectivity index (χ0v) is 8.71. The van der Waals surface area contributed by atoms with E-state index in [2.05, 4.69) is 17.1 Å². The van der Waals surface area contributed by atoms with Gasteiger partial charge in [0, 0.05) is 22.6 Å². The quantitative estimate of drug-likeness (QED) is 0.744. The average Bonchev–Trinajstić information content (AvgIpc) is 2.78. The van der Waals surface area contributed by atoms with Crippen LogP contribution in [-0.4, -0.2) is 12.1 Å². The van der Waals surface area contributed by atoms with E-state index >= 15 is 0 Å². The van der Waals surface area contributed by atoms with Crippen molar-refractivity contribution in [3.8, 4) is 5.75 Å². The molecule has 0 radical (unpaired) electrons. The van der Waals surface area contributed by atoms with Gasteiger partial charge in [0.05, 0.1) is 7.11 Å². The molecule has 1 unspecified atom stereocenters. The van der Waals surface area contributed by atoms with Crippen LogP contribution in [0.5, 0.6) is 5.75 Å². The molecule has 1 heterocycles. The summed E-state index contributed by atoms with van der Waals surface area (Å²) in [6.07, 6.45) is 2.11. The van der Waals surface area contributed by atoms with Gasteiger partial charge in [0.2, 0.25) is 0 Å². The predicted molar refractivity (Wildman–Crippen MR) is 60.1 cm³/mol. The molecule has 3 N–H and O–H groups in total. The van der Waals surface area contributed by atoms with Crippen molar-refractivity contribution in [3.63, 3.8) is 0 Å². The van der Waals surface area contributed by atoms with Crippen LogP contribution < -0.4 is 10.5 Å². The number of nitrogens with two attached hydrogens (primary N) is 1. The minimum Gasteiger partial charge on any atom is -0.497 e. The molecule has 2 aromatic rings. The molecule has 1 aliphatic carbocycles. The van der Waals surface area contributed by atoms with Crippen molar-refractivity contribution in [2.75, 3.05) is 7.11 Å². The third kappa shape index (κ3) is 1.16. The number of aryl methyl sites for hydroxylation is 1. The lowest BCUT2D eigenvalue weighted by atomic mass is 10.1. The highest BCUT2D eigenvalue weighted by atomic mass is 16.5. The van der Waals surface area contributed by atoms with E-state index in [1.807, 2.05) is 6.07 Å². The van der Waals surface area contributed by atoms with Crippen LogP contribution in [0.15, 0.2) is 18.2 Å². The Bertz CT molecular complexity index is 516. The molecule has 78 valence electrons. The normalized spacial score (nSPS) is 19.5. The fourth-order valence-electron chi connectivity index (χ4n) is 2.44. The maximum absolute atomic E-state index is 6.09. The minimum absolute atomic E-state index is 0.181. The first-order valence-electron chi connectivity index (χ1n) is 5.23. The summed E-state index contributed by atoms with van der Waals surface area (Å²) in [6.45, 7) is 0. The van der Waals surface area contributed by atoms with Crippen molar-refractivity contribution in [3.05, 3.63) is 29.5 Å². The summed E-state index contributed by atoms with van der Waals surface area (Å²) in [5.41, 5.74) is 9.83. The van der Waals surface area contributed by atoms with E-state index < -0.39 is 0 Å². The van der Waals surface area contributed by atoms with E-state index in [1.54, 1.807) is 7.11 Å². The Hall–Kier alpha value is -1.48. The van der Waals surface area contributed by atoms with Crippen molar-refractivity contribution in [2.24, 2.45) is 5.73 Å². The average molecular weight is 202 g/mol. The fraction of sp³-hybridized carbons (Fsp3) is 0.333. The Morgan fingerprint density at radius 1 is 1.47 bits per heavy atom. The smallest absolute Gasteiger partial charge is 0.119 e. The predicted octanol–water partition coefficient (Wildman–Crippen LogP) is 2.12. The number of fused-ring (bicyclic) bond motifs is 3.